The zero-order valence-electron chi connectivity index (χ0n) is 26.9. The van der Waals surface area contributed by atoms with Crippen LogP contribution in [0, 0.1) is 0 Å². The van der Waals surface area contributed by atoms with Gasteiger partial charge >= 0.3 is 0 Å². The van der Waals surface area contributed by atoms with E-state index in [9.17, 15) is 4.79 Å². The summed E-state index contributed by atoms with van der Waals surface area (Å²) in [5.74, 6) is 0.333. The maximum Gasteiger partial charge on any atom is 0.129 e. The van der Waals surface area contributed by atoms with Crippen LogP contribution in [0.15, 0.2) is 36.5 Å². The van der Waals surface area contributed by atoms with Crippen molar-refractivity contribution in [1.82, 2.24) is 0 Å². The Morgan fingerprint density at radius 2 is 0.590 bits per heavy atom. The summed E-state index contributed by atoms with van der Waals surface area (Å²) < 4.78 is 0. The van der Waals surface area contributed by atoms with Gasteiger partial charge < -0.3 is 4.79 Å². The molecule has 0 saturated carbocycles. The molecule has 0 aromatic heterocycles. The molecular formula is C38H70O. The predicted octanol–water partition coefficient (Wildman–Crippen LogP) is 13.6. The van der Waals surface area contributed by atoms with E-state index in [-0.39, 0.29) is 0 Å². The van der Waals surface area contributed by atoms with Crippen molar-refractivity contribution in [3.05, 3.63) is 36.5 Å². The van der Waals surface area contributed by atoms with Gasteiger partial charge in [-0.05, 0) is 90.4 Å². The highest BCUT2D eigenvalue weighted by Crippen LogP contribution is 2.13. The fourth-order valence-corrected chi connectivity index (χ4v) is 5.20. The molecule has 0 aliphatic carbocycles. The van der Waals surface area contributed by atoms with Gasteiger partial charge in [0.05, 0.1) is 0 Å². The second-order valence-corrected chi connectivity index (χ2v) is 12.0. The zero-order chi connectivity index (χ0) is 28.3. The van der Waals surface area contributed by atoms with Gasteiger partial charge in [-0.1, -0.05) is 140 Å². The van der Waals surface area contributed by atoms with E-state index in [1.54, 1.807) is 6.92 Å². The quantitative estimate of drug-likeness (QED) is 0.0610. The molecule has 0 aromatic carbocycles. The molecule has 0 heterocycles. The SMILES string of the molecule is CCCCCCCCCCCCCCC=CCCCCCC=CCCCCCC=CCCCCCCC(C)=O. The number of unbranched alkanes of at least 4 members (excludes halogenated alkanes) is 24. The van der Waals surface area contributed by atoms with Gasteiger partial charge in [-0.25, -0.2) is 0 Å². The molecule has 0 unspecified atom stereocenters. The Bertz CT molecular complexity index is 555. The summed E-state index contributed by atoms with van der Waals surface area (Å²) in [7, 11) is 0. The van der Waals surface area contributed by atoms with Gasteiger partial charge in [-0.2, -0.15) is 0 Å². The minimum Gasteiger partial charge on any atom is -0.300 e. The standard InChI is InChI=1S/C38H70O/c1-3-4-5-6-7-8-9-10-11-12-13-14-15-16-17-18-19-20-21-22-23-24-25-26-27-28-29-30-31-32-33-34-35-36-37-38(2)39/h16-17,23-24,30-31H,3-15,18-22,25-29,32-37H2,1-2H3. The Morgan fingerprint density at radius 3 is 0.872 bits per heavy atom. The van der Waals surface area contributed by atoms with Crippen LogP contribution in [-0.2, 0) is 4.79 Å². The van der Waals surface area contributed by atoms with E-state index >= 15 is 0 Å². The number of allylic oxidation sites excluding steroid dienone is 6. The van der Waals surface area contributed by atoms with Crippen molar-refractivity contribution < 1.29 is 4.79 Å². The molecule has 0 aliphatic rings. The fraction of sp³-hybridized carbons (Fsp3) is 0.816. The molecule has 0 aromatic rings. The topological polar surface area (TPSA) is 17.1 Å². The van der Waals surface area contributed by atoms with Crippen molar-refractivity contribution in [3.63, 3.8) is 0 Å². The van der Waals surface area contributed by atoms with Gasteiger partial charge in [0.15, 0.2) is 0 Å². The van der Waals surface area contributed by atoms with E-state index in [0.717, 1.165) is 12.8 Å². The first-order valence-electron chi connectivity index (χ1n) is 17.7. The molecule has 39 heavy (non-hydrogen) atoms. The minimum atomic E-state index is 0.333. The first-order chi connectivity index (χ1) is 19.3. The minimum absolute atomic E-state index is 0.333. The molecule has 0 saturated heterocycles. The highest BCUT2D eigenvalue weighted by molar-refractivity contribution is 5.75. The second-order valence-electron chi connectivity index (χ2n) is 12.0. The van der Waals surface area contributed by atoms with E-state index in [2.05, 4.69) is 43.4 Å². The fourth-order valence-electron chi connectivity index (χ4n) is 5.20. The third kappa shape index (κ3) is 36.9. The summed E-state index contributed by atoms with van der Waals surface area (Å²) in [6.45, 7) is 3.99. The van der Waals surface area contributed by atoms with Crippen molar-refractivity contribution in [2.24, 2.45) is 0 Å². The van der Waals surface area contributed by atoms with Crippen LogP contribution in [0.25, 0.3) is 0 Å². The average Bonchev–Trinajstić information content (AvgIpc) is 2.93. The highest BCUT2D eigenvalue weighted by Gasteiger charge is 1.94. The lowest BCUT2D eigenvalue weighted by molar-refractivity contribution is -0.117. The lowest BCUT2D eigenvalue weighted by Gasteiger charge is -2.02. The van der Waals surface area contributed by atoms with Crippen molar-refractivity contribution in [2.45, 2.75) is 200 Å². The maximum absolute atomic E-state index is 10.9. The molecule has 0 amide bonds. The van der Waals surface area contributed by atoms with Crippen LogP contribution in [-0.4, -0.2) is 5.78 Å². The Hall–Kier alpha value is -1.11. The molecule has 1 nitrogen and oxygen atoms in total. The monoisotopic (exact) mass is 543 g/mol. The molecule has 0 N–H and O–H groups in total. The number of hydrogen-bond acceptors (Lipinski definition) is 1. The van der Waals surface area contributed by atoms with Gasteiger partial charge in [-0.15, -0.1) is 0 Å². The third-order valence-corrected chi connectivity index (χ3v) is 7.86. The molecule has 0 spiro atoms. The van der Waals surface area contributed by atoms with Crippen LogP contribution in [0.4, 0.5) is 0 Å². The van der Waals surface area contributed by atoms with Gasteiger partial charge in [0, 0.05) is 6.42 Å². The van der Waals surface area contributed by atoms with Gasteiger partial charge in [0.2, 0.25) is 0 Å². The lowest BCUT2D eigenvalue weighted by Crippen LogP contribution is -1.88. The second kappa shape index (κ2) is 34.9. The van der Waals surface area contributed by atoms with Crippen molar-refractivity contribution >= 4 is 5.78 Å². The summed E-state index contributed by atoms with van der Waals surface area (Å²) >= 11 is 0. The summed E-state index contributed by atoms with van der Waals surface area (Å²) in [6, 6.07) is 0. The third-order valence-electron chi connectivity index (χ3n) is 7.86. The molecule has 0 rings (SSSR count). The highest BCUT2D eigenvalue weighted by atomic mass is 16.1. The molecular weight excluding hydrogens is 472 g/mol. The van der Waals surface area contributed by atoms with Crippen LogP contribution in [0.3, 0.4) is 0 Å². The number of ketones is 1. The Kier molecular flexibility index (Phi) is 33.9. The molecule has 0 aliphatic heterocycles. The van der Waals surface area contributed by atoms with Crippen LogP contribution in [0.1, 0.15) is 200 Å². The number of Topliss-reactive ketones (excluding diaryl/α,β-unsaturated/α-hetero) is 1. The Labute approximate surface area is 246 Å². The Morgan fingerprint density at radius 1 is 0.359 bits per heavy atom. The predicted molar refractivity (Wildman–Crippen MR) is 178 cm³/mol. The Balaban J connectivity index is 3.20. The first kappa shape index (κ1) is 37.9. The first-order valence-corrected chi connectivity index (χ1v) is 17.7. The van der Waals surface area contributed by atoms with Gasteiger partial charge in [0.1, 0.15) is 5.78 Å². The van der Waals surface area contributed by atoms with E-state index in [0.29, 0.717) is 5.78 Å². The lowest BCUT2D eigenvalue weighted by atomic mass is 10.0. The molecule has 0 atom stereocenters. The zero-order valence-corrected chi connectivity index (χ0v) is 26.9. The molecule has 0 radical (unpaired) electrons. The van der Waals surface area contributed by atoms with Gasteiger partial charge in [0.25, 0.3) is 0 Å². The van der Waals surface area contributed by atoms with E-state index < -0.39 is 0 Å². The van der Waals surface area contributed by atoms with E-state index in [4.69, 9.17) is 0 Å². The normalized spacial score (nSPS) is 12.1. The van der Waals surface area contributed by atoms with E-state index in [1.807, 2.05) is 0 Å². The number of rotatable bonds is 32. The number of carbonyl (C=O) groups excluding carboxylic acids is 1. The van der Waals surface area contributed by atoms with Gasteiger partial charge in [-0.3, -0.25) is 0 Å². The molecule has 1 heteroatoms. The molecule has 0 bridgehead atoms. The van der Waals surface area contributed by atoms with E-state index in [1.165, 1.54) is 173 Å². The smallest absolute Gasteiger partial charge is 0.129 e. The largest absolute Gasteiger partial charge is 0.300 e. The summed E-state index contributed by atoms with van der Waals surface area (Å²) in [6.07, 6.45) is 52.9. The maximum atomic E-state index is 10.9. The number of hydrogen-bond donors (Lipinski definition) is 0. The molecule has 228 valence electrons. The van der Waals surface area contributed by atoms with Crippen LogP contribution in [0.2, 0.25) is 0 Å². The van der Waals surface area contributed by atoms with Crippen molar-refractivity contribution in [3.8, 4) is 0 Å². The van der Waals surface area contributed by atoms with Crippen LogP contribution < -0.4 is 0 Å². The van der Waals surface area contributed by atoms with Crippen molar-refractivity contribution in [1.29, 1.82) is 0 Å². The summed E-state index contributed by atoms with van der Waals surface area (Å²) in [4.78, 5) is 10.9. The molecule has 0 fully saturated rings. The summed E-state index contributed by atoms with van der Waals surface area (Å²) in [5, 5.41) is 0. The van der Waals surface area contributed by atoms with Crippen LogP contribution in [0.5, 0.6) is 0 Å². The summed E-state index contributed by atoms with van der Waals surface area (Å²) in [5.41, 5.74) is 0. The average molecular weight is 543 g/mol. The van der Waals surface area contributed by atoms with Crippen LogP contribution >= 0.6 is 0 Å². The van der Waals surface area contributed by atoms with Crippen molar-refractivity contribution in [2.75, 3.05) is 0 Å². The number of carbonyl (C=O) groups is 1.